The highest BCUT2D eigenvalue weighted by Crippen LogP contribution is 2.29. The summed E-state index contributed by atoms with van der Waals surface area (Å²) in [5, 5.41) is 6.69. The number of anilines is 2. The highest BCUT2D eigenvalue weighted by atomic mass is 79.9. The Bertz CT molecular complexity index is 649. The number of carbonyl (C=O) groups excluding carboxylic acids is 1. The molecule has 0 heterocycles. The van der Waals surface area contributed by atoms with Crippen LogP contribution in [0.5, 0.6) is 0 Å². The third-order valence-corrected chi connectivity index (χ3v) is 4.04. The van der Waals surface area contributed by atoms with Gasteiger partial charge >= 0.3 is 0 Å². The molecule has 0 spiro atoms. The van der Waals surface area contributed by atoms with E-state index in [9.17, 15) is 4.79 Å². The van der Waals surface area contributed by atoms with Gasteiger partial charge in [0.05, 0.1) is 15.7 Å². The van der Waals surface area contributed by atoms with Gasteiger partial charge in [-0.25, -0.2) is 0 Å². The lowest BCUT2D eigenvalue weighted by atomic mass is 10.3. The van der Waals surface area contributed by atoms with E-state index in [1.54, 1.807) is 18.2 Å². The minimum Gasteiger partial charge on any atom is -0.384 e. The second-order valence-corrected chi connectivity index (χ2v) is 6.04. The summed E-state index contributed by atoms with van der Waals surface area (Å²) >= 11 is 15.3. The summed E-state index contributed by atoms with van der Waals surface area (Å²) in [7, 11) is 0. The Morgan fingerprint density at radius 3 is 2.67 bits per heavy atom. The lowest BCUT2D eigenvalue weighted by molar-refractivity contribution is -0.115. The summed E-state index contributed by atoms with van der Waals surface area (Å²) in [5.74, 6) is -0.123. The van der Waals surface area contributed by atoms with Crippen molar-refractivity contribution in [1.82, 2.24) is 0 Å². The van der Waals surface area contributed by atoms with Gasteiger partial charge in [-0.15, -0.1) is 0 Å². The molecule has 110 valence electrons. The molecule has 0 aromatic heterocycles. The Morgan fingerprint density at radius 2 is 1.90 bits per heavy atom. The maximum atomic E-state index is 11.9. The van der Waals surface area contributed by atoms with E-state index in [0.717, 1.165) is 10.2 Å². The largest absolute Gasteiger partial charge is 0.384 e. The predicted octanol–water partition coefficient (Wildman–Crippen LogP) is 5.20. The van der Waals surface area contributed by atoms with Gasteiger partial charge in [0.15, 0.2) is 0 Å². The van der Waals surface area contributed by atoms with Gasteiger partial charge in [-0.05, 0) is 30.3 Å². The molecule has 1 amide bonds. The number of carbonyl (C=O) groups is 1. The van der Waals surface area contributed by atoms with Crippen molar-refractivity contribution >= 4 is 56.4 Å². The molecule has 2 aromatic carbocycles. The van der Waals surface area contributed by atoms with Crippen LogP contribution in [0, 0.1) is 0 Å². The molecule has 0 aliphatic carbocycles. The number of benzene rings is 2. The van der Waals surface area contributed by atoms with Crippen molar-refractivity contribution in [3.8, 4) is 0 Å². The van der Waals surface area contributed by atoms with Crippen LogP contribution in [0.1, 0.15) is 6.42 Å². The molecule has 21 heavy (non-hydrogen) atoms. The van der Waals surface area contributed by atoms with Crippen molar-refractivity contribution in [3.63, 3.8) is 0 Å². The van der Waals surface area contributed by atoms with Crippen LogP contribution in [-0.2, 0) is 4.79 Å². The zero-order valence-electron chi connectivity index (χ0n) is 11.0. The van der Waals surface area contributed by atoms with Crippen LogP contribution in [0.3, 0.4) is 0 Å². The van der Waals surface area contributed by atoms with E-state index in [1.807, 2.05) is 24.3 Å². The van der Waals surface area contributed by atoms with Crippen molar-refractivity contribution in [1.29, 1.82) is 0 Å². The van der Waals surface area contributed by atoms with Crippen LogP contribution in [0.4, 0.5) is 11.4 Å². The predicted molar refractivity (Wildman–Crippen MR) is 92.3 cm³/mol. The molecular formula is C15H13BrCl2N2O. The number of amides is 1. The average Bonchev–Trinajstić information content (AvgIpc) is 2.44. The Kier molecular flexibility index (Phi) is 5.91. The van der Waals surface area contributed by atoms with E-state index < -0.39 is 0 Å². The highest BCUT2D eigenvalue weighted by molar-refractivity contribution is 9.10. The molecule has 3 nitrogen and oxygen atoms in total. The van der Waals surface area contributed by atoms with Gasteiger partial charge in [0.1, 0.15) is 0 Å². The van der Waals surface area contributed by atoms with Crippen LogP contribution < -0.4 is 10.6 Å². The fraction of sp³-hybridized carbons (Fsp3) is 0.133. The van der Waals surface area contributed by atoms with E-state index >= 15 is 0 Å². The van der Waals surface area contributed by atoms with Gasteiger partial charge in [-0.1, -0.05) is 51.3 Å². The number of rotatable bonds is 5. The molecule has 0 fully saturated rings. The van der Waals surface area contributed by atoms with Crippen LogP contribution >= 0.6 is 39.1 Å². The van der Waals surface area contributed by atoms with Gasteiger partial charge in [0.25, 0.3) is 0 Å². The topological polar surface area (TPSA) is 41.1 Å². The average molecular weight is 388 g/mol. The lowest BCUT2D eigenvalue weighted by Gasteiger charge is -2.09. The number of hydrogen-bond donors (Lipinski definition) is 2. The van der Waals surface area contributed by atoms with Crippen molar-refractivity contribution in [2.75, 3.05) is 17.2 Å². The molecule has 6 heteroatoms. The first-order valence-electron chi connectivity index (χ1n) is 6.29. The smallest absolute Gasteiger partial charge is 0.226 e. The van der Waals surface area contributed by atoms with Gasteiger partial charge in [-0.2, -0.15) is 0 Å². The minimum absolute atomic E-state index is 0.123. The van der Waals surface area contributed by atoms with Crippen molar-refractivity contribution in [2.45, 2.75) is 6.42 Å². The van der Waals surface area contributed by atoms with E-state index in [-0.39, 0.29) is 5.91 Å². The standard InChI is InChI=1S/C15H13BrCl2N2O/c16-10-3-1-4-11(9-10)19-8-7-14(21)20-13-6-2-5-12(17)15(13)18/h1-6,9,19H,7-8H2,(H,20,21). The van der Waals surface area contributed by atoms with Gasteiger partial charge in [0.2, 0.25) is 5.91 Å². The molecule has 0 aliphatic heterocycles. The molecule has 0 unspecified atom stereocenters. The zero-order chi connectivity index (χ0) is 15.2. The maximum absolute atomic E-state index is 11.9. The van der Waals surface area contributed by atoms with Crippen LogP contribution in [-0.4, -0.2) is 12.5 Å². The Labute approximate surface area is 141 Å². The number of hydrogen-bond acceptors (Lipinski definition) is 2. The van der Waals surface area contributed by atoms with E-state index in [0.29, 0.717) is 28.7 Å². The summed E-state index contributed by atoms with van der Waals surface area (Å²) in [6, 6.07) is 12.9. The summed E-state index contributed by atoms with van der Waals surface area (Å²) in [4.78, 5) is 11.9. The molecule has 0 radical (unpaired) electrons. The first kappa shape index (κ1) is 16.1. The lowest BCUT2D eigenvalue weighted by Crippen LogP contribution is -2.16. The molecule has 0 saturated heterocycles. The number of nitrogens with one attached hydrogen (secondary N) is 2. The van der Waals surface area contributed by atoms with E-state index in [1.165, 1.54) is 0 Å². The molecule has 0 bridgehead atoms. The van der Waals surface area contributed by atoms with Gasteiger partial charge in [-0.3, -0.25) is 4.79 Å². The summed E-state index contributed by atoms with van der Waals surface area (Å²) in [6.07, 6.45) is 0.329. The fourth-order valence-electron chi connectivity index (χ4n) is 1.73. The third-order valence-electron chi connectivity index (χ3n) is 2.73. The highest BCUT2D eigenvalue weighted by Gasteiger charge is 2.08. The third kappa shape index (κ3) is 4.92. The van der Waals surface area contributed by atoms with Crippen LogP contribution in [0.2, 0.25) is 10.0 Å². The monoisotopic (exact) mass is 386 g/mol. The summed E-state index contributed by atoms with van der Waals surface area (Å²) < 4.78 is 0.989. The molecule has 2 aromatic rings. The molecule has 0 atom stereocenters. The molecule has 0 saturated carbocycles. The van der Waals surface area contributed by atoms with E-state index in [4.69, 9.17) is 23.2 Å². The Hall–Kier alpha value is -1.23. The maximum Gasteiger partial charge on any atom is 0.226 e. The van der Waals surface area contributed by atoms with Crippen molar-refractivity contribution < 1.29 is 4.79 Å². The molecule has 0 aliphatic rings. The van der Waals surface area contributed by atoms with Crippen molar-refractivity contribution in [3.05, 3.63) is 57.0 Å². The number of halogens is 3. The Balaban J connectivity index is 1.84. The molecule has 2 rings (SSSR count). The first-order valence-corrected chi connectivity index (χ1v) is 7.84. The SMILES string of the molecule is O=C(CCNc1cccc(Br)c1)Nc1cccc(Cl)c1Cl. The first-order chi connectivity index (χ1) is 10.1. The van der Waals surface area contributed by atoms with Crippen LogP contribution in [0.25, 0.3) is 0 Å². The summed E-state index contributed by atoms with van der Waals surface area (Å²) in [6.45, 7) is 0.528. The summed E-state index contributed by atoms with van der Waals surface area (Å²) in [5.41, 5.74) is 1.48. The van der Waals surface area contributed by atoms with Gasteiger partial charge in [0, 0.05) is 23.1 Å². The second-order valence-electron chi connectivity index (χ2n) is 4.34. The zero-order valence-corrected chi connectivity index (χ0v) is 14.1. The normalized spacial score (nSPS) is 10.2. The van der Waals surface area contributed by atoms with E-state index in [2.05, 4.69) is 26.6 Å². The van der Waals surface area contributed by atoms with Gasteiger partial charge < -0.3 is 10.6 Å². The second kappa shape index (κ2) is 7.69. The fourth-order valence-corrected chi connectivity index (χ4v) is 2.48. The minimum atomic E-state index is -0.123. The van der Waals surface area contributed by atoms with Crippen LogP contribution in [0.15, 0.2) is 46.9 Å². The molecule has 2 N–H and O–H groups in total. The Morgan fingerprint density at radius 1 is 1.14 bits per heavy atom. The molecular weight excluding hydrogens is 375 g/mol. The quantitative estimate of drug-likeness (QED) is 0.740. The van der Waals surface area contributed by atoms with Crippen molar-refractivity contribution in [2.24, 2.45) is 0 Å².